The number of halogens is 1. The van der Waals surface area contributed by atoms with Crippen molar-refractivity contribution in [2.45, 2.75) is 70.7 Å². The number of ether oxygens (including phenoxy) is 1. The van der Waals surface area contributed by atoms with Crippen molar-refractivity contribution in [1.29, 1.82) is 0 Å². The second kappa shape index (κ2) is 12.8. The number of para-hydroxylation sites is 1. The number of nitrogens with one attached hydrogen (secondary N) is 1. The molecule has 4 rings (SSSR count). The third kappa shape index (κ3) is 6.83. The molecule has 0 aromatic heterocycles. The lowest BCUT2D eigenvalue weighted by molar-refractivity contribution is -0.163. The molecule has 202 valence electrons. The summed E-state index contributed by atoms with van der Waals surface area (Å²) in [6, 6.07) is 17.3. The van der Waals surface area contributed by atoms with Crippen LogP contribution in [0.25, 0.3) is 0 Å². The van der Waals surface area contributed by atoms with Crippen molar-refractivity contribution in [3.8, 4) is 11.5 Å². The summed E-state index contributed by atoms with van der Waals surface area (Å²) in [5.41, 5.74) is 0.288. The summed E-state index contributed by atoms with van der Waals surface area (Å²) in [7, 11) is 0. The van der Waals surface area contributed by atoms with Gasteiger partial charge in [-0.1, -0.05) is 51.1 Å². The van der Waals surface area contributed by atoms with Crippen molar-refractivity contribution in [2.24, 2.45) is 5.92 Å². The monoisotopic (exact) mass is 529 g/mol. The fraction of sp³-hybridized carbons (Fsp3) is 0.517. The van der Waals surface area contributed by atoms with E-state index in [0.29, 0.717) is 38.8 Å². The molecule has 2 amide bonds. The molecule has 0 bridgehead atoms. The average Bonchev–Trinajstić information content (AvgIpc) is 2.87. The summed E-state index contributed by atoms with van der Waals surface area (Å²) in [6.07, 6.45) is 1.64. The number of amides is 2. The highest BCUT2D eigenvalue weighted by Crippen LogP contribution is 2.35. The topological polar surface area (TPSA) is 82.1 Å². The minimum atomic E-state index is -0.884. The van der Waals surface area contributed by atoms with Gasteiger partial charge < -0.3 is 20.1 Å². The number of likely N-dealkylation sites (tertiary alicyclic amines) is 1. The highest BCUT2D eigenvalue weighted by Gasteiger charge is 2.53. The predicted molar refractivity (Wildman–Crippen MR) is 147 cm³/mol. The van der Waals surface area contributed by atoms with Crippen LogP contribution in [0.15, 0.2) is 54.6 Å². The van der Waals surface area contributed by atoms with Gasteiger partial charge in [0.05, 0.1) is 6.10 Å². The van der Waals surface area contributed by atoms with Gasteiger partial charge in [0.2, 0.25) is 11.8 Å². The summed E-state index contributed by atoms with van der Waals surface area (Å²) < 4.78 is 5.89. The number of hydrogen-bond donors (Lipinski definition) is 2. The van der Waals surface area contributed by atoms with E-state index in [1.165, 1.54) is 5.56 Å². The Labute approximate surface area is 226 Å². The normalized spacial score (nSPS) is 20.5. The third-order valence-corrected chi connectivity index (χ3v) is 7.37. The van der Waals surface area contributed by atoms with E-state index >= 15 is 0 Å². The first kappa shape index (κ1) is 29.0. The van der Waals surface area contributed by atoms with Crippen LogP contribution >= 0.6 is 12.4 Å². The van der Waals surface area contributed by atoms with Gasteiger partial charge >= 0.3 is 0 Å². The fourth-order valence-corrected chi connectivity index (χ4v) is 5.24. The molecular formula is C29H40ClN3O4. The number of aliphatic hydroxyl groups excluding tert-OH is 1. The van der Waals surface area contributed by atoms with Crippen LogP contribution in [0.5, 0.6) is 11.5 Å². The number of hydrogen-bond acceptors (Lipinski definition) is 5. The Morgan fingerprint density at radius 3 is 2.24 bits per heavy atom. The molecule has 0 saturated carbocycles. The number of benzene rings is 2. The quantitative estimate of drug-likeness (QED) is 0.504. The van der Waals surface area contributed by atoms with E-state index in [2.05, 4.69) is 22.3 Å². The first-order valence-corrected chi connectivity index (χ1v) is 13.2. The maximum Gasteiger partial charge on any atom is 0.246 e. The molecule has 2 unspecified atom stereocenters. The molecule has 2 aromatic carbocycles. The van der Waals surface area contributed by atoms with Crippen LogP contribution in [0.4, 0.5) is 0 Å². The minimum Gasteiger partial charge on any atom is -0.457 e. The Kier molecular flexibility index (Phi) is 9.99. The van der Waals surface area contributed by atoms with Crippen LogP contribution in [0.3, 0.4) is 0 Å². The molecule has 2 N–H and O–H groups in total. The molecule has 37 heavy (non-hydrogen) atoms. The van der Waals surface area contributed by atoms with Crippen molar-refractivity contribution in [2.75, 3.05) is 19.6 Å². The number of piperidine rings is 1. The lowest BCUT2D eigenvalue weighted by Gasteiger charge is -2.52. The van der Waals surface area contributed by atoms with Crippen LogP contribution in [0.1, 0.15) is 52.0 Å². The van der Waals surface area contributed by atoms with E-state index in [0.717, 1.165) is 18.0 Å². The molecule has 2 heterocycles. The second-order valence-electron chi connectivity index (χ2n) is 10.5. The second-order valence-corrected chi connectivity index (χ2v) is 10.5. The van der Waals surface area contributed by atoms with Crippen molar-refractivity contribution in [3.05, 3.63) is 60.2 Å². The van der Waals surface area contributed by atoms with E-state index in [4.69, 9.17) is 4.74 Å². The Morgan fingerprint density at radius 2 is 1.65 bits per heavy atom. The standard InChI is InChI=1S/C29H39N3O4.ClH/c1-4-23(33)20-32-27(34)26(18-21(2)3)30-28(35)29(32)14-16-31(17-15-29)19-22-10-12-25(13-11-22)36-24-8-6-5-7-9-24;/h5-13,21,23,26,33H,4,14-20H2,1-3H3,(H,30,35);1H. The highest BCUT2D eigenvalue weighted by molar-refractivity contribution is 6.00. The maximum absolute atomic E-state index is 13.4. The molecule has 1 spiro atoms. The molecule has 0 radical (unpaired) electrons. The molecule has 8 heteroatoms. The van der Waals surface area contributed by atoms with Crippen LogP contribution in [-0.2, 0) is 16.1 Å². The van der Waals surface area contributed by atoms with Crippen molar-refractivity contribution >= 4 is 24.2 Å². The number of aliphatic hydroxyl groups is 1. The Morgan fingerprint density at radius 1 is 1.03 bits per heavy atom. The van der Waals surface area contributed by atoms with Crippen molar-refractivity contribution in [3.63, 3.8) is 0 Å². The highest BCUT2D eigenvalue weighted by atomic mass is 35.5. The number of β-amino-alcohol motifs (C(OH)–C–C–N with tert-alkyl or cyclic N) is 1. The van der Waals surface area contributed by atoms with E-state index in [-0.39, 0.29) is 36.7 Å². The van der Waals surface area contributed by atoms with E-state index in [9.17, 15) is 14.7 Å². The SMILES string of the molecule is CCC(O)CN1C(=O)C(CC(C)C)NC(=O)C12CCN(Cc1ccc(Oc3ccccc3)cc1)CC2.Cl. The third-order valence-electron chi connectivity index (χ3n) is 7.37. The summed E-state index contributed by atoms with van der Waals surface area (Å²) in [4.78, 5) is 30.9. The minimum absolute atomic E-state index is 0. The zero-order valence-corrected chi connectivity index (χ0v) is 22.9. The number of carbonyl (C=O) groups excluding carboxylic acids is 2. The van der Waals surface area contributed by atoms with Crippen LogP contribution in [-0.4, -0.2) is 64.0 Å². The zero-order valence-electron chi connectivity index (χ0n) is 22.1. The molecule has 2 aliphatic rings. The van der Waals surface area contributed by atoms with Crippen molar-refractivity contribution in [1.82, 2.24) is 15.1 Å². The molecule has 2 aromatic rings. The molecule has 2 saturated heterocycles. The van der Waals surface area contributed by atoms with Gasteiger partial charge in [0, 0.05) is 26.2 Å². The van der Waals surface area contributed by atoms with Crippen LogP contribution in [0, 0.1) is 5.92 Å². The maximum atomic E-state index is 13.4. The van der Waals surface area contributed by atoms with Gasteiger partial charge in [-0.25, -0.2) is 0 Å². The Bertz CT molecular complexity index is 1020. The summed E-state index contributed by atoms with van der Waals surface area (Å²) >= 11 is 0. The number of rotatable bonds is 9. The molecule has 0 aliphatic carbocycles. The summed E-state index contributed by atoms with van der Waals surface area (Å²) in [5.74, 6) is 1.76. The Balaban J connectivity index is 0.00000380. The largest absolute Gasteiger partial charge is 0.457 e. The molecule has 2 atom stereocenters. The smallest absolute Gasteiger partial charge is 0.246 e. The van der Waals surface area contributed by atoms with Crippen LogP contribution in [0.2, 0.25) is 0 Å². The zero-order chi connectivity index (χ0) is 25.7. The van der Waals surface area contributed by atoms with E-state index in [1.54, 1.807) is 4.90 Å². The fourth-order valence-electron chi connectivity index (χ4n) is 5.24. The van der Waals surface area contributed by atoms with Gasteiger partial charge in [-0.3, -0.25) is 14.5 Å². The molecule has 2 fully saturated rings. The van der Waals surface area contributed by atoms with Gasteiger partial charge in [-0.2, -0.15) is 0 Å². The summed E-state index contributed by atoms with van der Waals surface area (Å²) in [6.45, 7) is 8.38. The predicted octanol–water partition coefficient (Wildman–Crippen LogP) is 4.38. The number of nitrogens with zero attached hydrogens (tertiary/aromatic N) is 2. The van der Waals surface area contributed by atoms with E-state index < -0.39 is 17.7 Å². The number of carbonyl (C=O) groups is 2. The molecular weight excluding hydrogens is 490 g/mol. The van der Waals surface area contributed by atoms with Gasteiger partial charge in [0.15, 0.2) is 0 Å². The lowest BCUT2D eigenvalue weighted by Crippen LogP contribution is -2.73. The first-order valence-electron chi connectivity index (χ1n) is 13.2. The van der Waals surface area contributed by atoms with Crippen molar-refractivity contribution < 1.29 is 19.4 Å². The van der Waals surface area contributed by atoms with Gasteiger partial charge in [-0.05, 0) is 61.4 Å². The van der Waals surface area contributed by atoms with Gasteiger partial charge in [-0.15, -0.1) is 12.4 Å². The number of piperazine rings is 1. The first-order chi connectivity index (χ1) is 17.3. The summed E-state index contributed by atoms with van der Waals surface area (Å²) in [5, 5.41) is 13.4. The molecule has 2 aliphatic heterocycles. The van der Waals surface area contributed by atoms with Gasteiger partial charge in [0.1, 0.15) is 23.1 Å². The lowest BCUT2D eigenvalue weighted by atomic mass is 9.80. The van der Waals surface area contributed by atoms with Gasteiger partial charge in [0.25, 0.3) is 0 Å². The molecule has 7 nitrogen and oxygen atoms in total. The Hall–Kier alpha value is -2.61. The van der Waals surface area contributed by atoms with E-state index in [1.807, 2.05) is 63.2 Å². The van der Waals surface area contributed by atoms with Crippen LogP contribution < -0.4 is 10.1 Å². The average molecular weight is 530 g/mol.